The first-order chi connectivity index (χ1) is 13.4. The van der Waals surface area contributed by atoms with E-state index in [1.165, 1.54) is 17.4 Å². The van der Waals surface area contributed by atoms with Gasteiger partial charge in [0.05, 0.1) is 15.4 Å². The molecule has 0 radical (unpaired) electrons. The van der Waals surface area contributed by atoms with Crippen LogP contribution < -0.4 is 5.56 Å². The number of rotatable bonds is 3. The van der Waals surface area contributed by atoms with Crippen molar-refractivity contribution in [1.82, 2.24) is 9.97 Å². The lowest BCUT2D eigenvalue weighted by molar-refractivity contribution is 0.475. The molecule has 2 N–H and O–H groups in total. The number of hydrogen-bond donors (Lipinski definition) is 2. The zero-order chi connectivity index (χ0) is 19.8. The van der Waals surface area contributed by atoms with Gasteiger partial charge in [-0.3, -0.25) is 4.79 Å². The molecule has 0 aliphatic rings. The SMILES string of the molecule is Cc1sc2nc(C(Cl)=Cc3ccc(O)c(Cl)c3)[nH]c(=O)c2c1-c1ccccc1. The van der Waals surface area contributed by atoms with Gasteiger partial charge < -0.3 is 10.1 Å². The maximum absolute atomic E-state index is 12.8. The van der Waals surface area contributed by atoms with E-state index in [9.17, 15) is 9.90 Å². The molecule has 0 unspecified atom stereocenters. The van der Waals surface area contributed by atoms with Crippen molar-refractivity contribution >= 4 is 55.9 Å². The van der Waals surface area contributed by atoms with Gasteiger partial charge >= 0.3 is 0 Å². The van der Waals surface area contributed by atoms with Crippen molar-refractivity contribution in [2.45, 2.75) is 6.92 Å². The molecule has 28 heavy (non-hydrogen) atoms. The topological polar surface area (TPSA) is 66.0 Å². The zero-order valence-corrected chi connectivity index (χ0v) is 17.0. The van der Waals surface area contributed by atoms with Gasteiger partial charge in [0.25, 0.3) is 5.56 Å². The van der Waals surface area contributed by atoms with Gasteiger partial charge in [-0.25, -0.2) is 4.98 Å². The van der Waals surface area contributed by atoms with Crippen molar-refractivity contribution in [3.05, 3.63) is 80.2 Å². The van der Waals surface area contributed by atoms with E-state index in [0.29, 0.717) is 15.8 Å². The van der Waals surface area contributed by atoms with Crippen LogP contribution in [0.2, 0.25) is 5.02 Å². The first-order valence-corrected chi connectivity index (χ1v) is 9.96. The van der Waals surface area contributed by atoms with Gasteiger partial charge in [0, 0.05) is 10.4 Å². The average molecular weight is 429 g/mol. The maximum Gasteiger partial charge on any atom is 0.260 e. The largest absolute Gasteiger partial charge is 0.506 e. The monoisotopic (exact) mass is 428 g/mol. The number of aromatic amines is 1. The fourth-order valence-electron chi connectivity index (χ4n) is 3.01. The number of halogens is 2. The van der Waals surface area contributed by atoms with Crippen molar-refractivity contribution in [2.75, 3.05) is 0 Å². The van der Waals surface area contributed by atoms with Crippen LogP contribution in [-0.4, -0.2) is 15.1 Å². The maximum atomic E-state index is 12.8. The van der Waals surface area contributed by atoms with Crippen LogP contribution in [0.1, 0.15) is 16.3 Å². The number of aromatic hydroxyl groups is 1. The highest BCUT2D eigenvalue weighted by Crippen LogP contribution is 2.36. The molecule has 0 atom stereocenters. The Morgan fingerprint density at radius 2 is 1.96 bits per heavy atom. The van der Waals surface area contributed by atoms with Crippen LogP contribution in [0.3, 0.4) is 0 Å². The molecule has 0 amide bonds. The van der Waals surface area contributed by atoms with E-state index in [0.717, 1.165) is 16.0 Å². The van der Waals surface area contributed by atoms with E-state index in [2.05, 4.69) is 9.97 Å². The highest BCUT2D eigenvalue weighted by Gasteiger charge is 2.17. The number of phenols is 1. The summed E-state index contributed by atoms with van der Waals surface area (Å²) < 4.78 is 0. The number of phenolic OH excluding ortho intramolecular Hbond substituents is 1. The minimum absolute atomic E-state index is 0.00890. The summed E-state index contributed by atoms with van der Waals surface area (Å²) in [6.45, 7) is 1.98. The number of thiophene rings is 1. The molecule has 2 heterocycles. The smallest absolute Gasteiger partial charge is 0.260 e. The summed E-state index contributed by atoms with van der Waals surface area (Å²) >= 11 is 13.8. The number of H-pyrrole nitrogens is 1. The first kappa shape index (κ1) is 18.7. The summed E-state index contributed by atoms with van der Waals surface area (Å²) in [5.41, 5.74) is 2.32. The number of aryl methyl sites for hydroxylation is 1. The van der Waals surface area contributed by atoms with Gasteiger partial charge in [0.2, 0.25) is 0 Å². The molecule has 0 saturated carbocycles. The Morgan fingerprint density at radius 3 is 2.68 bits per heavy atom. The van der Waals surface area contributed by atoms with Crippen molar-refractivity contribution in [2.24, 2.45) is 0 Å². The van der Waals surface area contributed by atoms with E-state index >= 15 is 0 Å². The average Bonchev–Trinajstić information content (AvgIpc) is 3.02. The predicted molar refractivity (Wildman–Crippen MR) is 117 cm³/mol. The summed E-state index contributed by atoms with van der Waals surface area (Å²) in [4.78, 5) is 21.8. The Balaban J connectivity index is 1.83. The molecule has 0 aliphatic carbocycles. The number of aromatic nitrogens is 2. The van der Waals surface area contributed by atoms with Crippen molar-refractivity contribution in [1.29, 1.82) is 0 Å². The lowest BCUT2D eigenvalue weighted by atomic mass is 10.0. The Kier molecular flexibility index (Phi) is 4.98. The summed E-state index contributed by atoms with van der Waals surface area (Å²) in [5.74, 6) is 0.273. The van der Waals surface area contributed by atoms with Crippen LogP contribution in [0.4, 0.5) is 0 Å². The fourth-order valence-corrected chi connectivity index (χ4v) is 4.46. The number of benzene rings is 2. The molecule has 4 rings (SSSR count). The van der Waals surface area contributed by atoms with Gasteiger partial charge in [0.15, 0.2) is 5.82 Å². The number of nitrogens with one attached hydrogen (secondary N) is 1. The van der Waals surface area contributed by atoms with Crippen LogP contribution in [0, 0.1) is 6.92 Å². The minimum atomic E-state index is -0.238. The third-order valence-corrected chi connectivity index (χ3v) is 5.88. The second-order valence-corrected chi connectivity index (χ2v) is 8.21. The van der Waals surface area contributed by atoms with Crippen LogP contribution in [0.25, 0.3) is 32.5 Å². The Morgan fingerprint density at radius 1 is 1.21 bits per heavy atom. The molecule has 2 aromatic carbocycles. The van der Waals surface area contributed by atoms with Gasteiger partial charge in [-0.1, -0.05) is 59.6 Å². The van der Waals surface area contributed by atoms with Crippen LogP contribution >= 0.6 is 34.5 Å². The molecule has 7 heteroatoms. The third-order valence-electron chi connectivity index (χ3n) is 4.29. The molecule has 4 aromatic rings. The summed E-state index contributed by atoms with van der Waals surface area (Å²) in [7, 11) is 0. The van der Waals surface area contributed by atoms with E-state index in [1.54, 1.807) is 18.2 Å². The quantitative estimate of drug-likeness (QED) is 0.416. The molecule has 0 fully saturated rings. The molecular formula is C21H14Cl2N2O2S. The Labute approximate surface area is 174 Å². The van der Waals surface area contributed by atoms with E-state index in [1.807, 2.05) is 37.3 Å². The second-order valence-electron chi connectivity index (χ2n) is 6.20. The highest BCUT2D eigenvalue weighted by atomic mass is 35.5. The van der Waals surface area contributed by atoms with E-state index < -0.39 is 0 Å². The standard InChI is InChI=1S/C21H14Cl2N2O2S/c1-11-17(13-5-3-2-4-6-13)18-20(27)24-19(25-21(18)28-11)15(23)10-12-7-8-16(26)14(22)9-12/h2-10,26H,1H3,(H,24,25,27). The van der Waals surface area contributed by atoms with Crippen LogP contribution in [0.5, 0.6) is 5.75 Å². The molecule has 0 bridgehead atoms. The van der Waals surface area contributed by atoms with Gasteiger partial charge in [-0.15, -0.1) is 11.3 Å². The highest BCUT2D eigenvalue weighted by molar-refractivity contribution is 7.19. The Hall–Kier alpha value is -2.60. The number of fused-ring (bicyclic) bond motifs is 1. The van der Waals surface area contributed by atoms with Gasteiger partial charge in [-0.2, -0.15) is 0 Å². The summed E-state index contributed by atoms with van der Waals surface area (Å²) in [6, 6.07) is 14.5. The molecule has 0 saturated heterocycles. The van der Waals surface area contributed by atoms with E-state index in [-0.39, 0.29) is 27.2 Å². The zero-order valence-electron chi connectivity index (χ0n) is 14.7. The molecule has 0 aliphatic heterocycles. The summed E-state index contributed by atoms with van der Waals surface area (Å²) in [5, 5.41) is 10.6. The van der Waals surface area contributed by atoms with Crippen LogP contribution in [-0.2, 0) is 0 Å². The van der Waals surface area contributed by atoms with Crippen molar-refractivity contribution in [3.63, 3.8) is 0 Å². The number of nitrogens with zero attached hydrogens (tertiary/aromatic N) is 1. The summed E-state index contributed by atoms with van der Waals surface area (Å²) in [6.07, 6.45) is 1.63. The molecular weight excluding hydrogens is 415 g/mol. The molecule has 2 aromatic heterocycles. The van der Waals surface area contributed by atoms with Crippen LogP contribution in [0.15, 0.2) is 53.3 Å². The number of hydrogen-bond acceptors (Lipinski definition) is 4. The van der Waals surface area contributed by atoms with Crippen molar-refractivity contribution < 1.29 is 5.11 Å². The minimum Gasteiger partial charge on any atom is -0.506 e. The molecule has 4 nitrogen and oxygen atoms in total. The van der Waals surface area contributed by atoms with Gasteiger partial charge in [0.1, 0.15) is 10.6 Å². The normalized spacial score (nSPS) is 11.9. The lowest BCUT2D eigenvalue weighted by Gasteiger charge is -2.03. The molecule has 0 spiro atoms. The fraction of sp³-hybridized carbons (Fsp3) is 0.0476. The third kappa shape index (κ3) is 3.44. The second kappa shape index (κ2) is 7.43. The lowest BCUT2D eigenvalue weighted by Crippen LogP contribution is -2.10. The van der Waals surface area contributed by atoms with Crippen molar-refractivity contribution in [3.8, 4) is 16.9 Å². The van der Waals surface area contributed by atoms with Gasteiger partial charge in [-0.05, 0) is 36.3 Å². The van der Waals surface area contributed by atoms with E-state index in [4.69, 9.17) is 23.2 Å². The molecule has 140 valence electrons. The first-order valence-electron chi connectivity index (χ1n) is 8.39. The predicted octanol–water partition coefficient (Wildman–Crippen LogP) is 6.06. The Bertz CT molecular complexity index is 1280.